The smallest absolute Gasteiger partial charge is 0.260 e. The van der Waals surface area contributed by atoms with Gasteiger partial charge in [-0.3, -0.25) is 24.2 Å². The van der Waals surface area contributed by atoms with Crippen LogP contribution in [0.2, 0.25) is 0 Å². The van der Waals surface area contributed by atoms with Gasteiger partial charge in [0, 0.05) is 5.56 Å². The van der Waals surface area contributed by atoms with Crippen LogP contribution in [-0.4, -0.2) is 43.5 Å². The van der Waals surface area contributed by atoms with Crippen molar-refractivity contribution in [2.24, 2.45) is 35.5 Å². The molecule has 0 spiro atoms. The zero-order chi connectivity index (χ0) is 23.6. The molecule has 3 amide bonds. The van der Waals surface area contributed by atoms with E-state index in [2.05, 4.69) is 12.2 Å². The number of nitrogens with zero attached hydrogens (tertiary/aromatic N) is 2. The van der Waals surface area contributed by atoms with Gasteiger partial charge in [0.15, 0.2) is 0 Å². The number of para-hydroxylation sites is 2. The first-order chi connectivity index (χ1) is 16.5. The third-order valence-corrected chi connectivity index (χ3v) is 7.97. The monoisotopic (exact) mass is 458 g/mol. The van der Waals surface area contributed by atoms with Crippen molar-refractivity contribution in [2.45, 2.75) is 6.42 Å². The highest BCUT2D eigenvalue weighted by Crippen LogP contribution is 2.65. The van der Waals surface area contributed by atoms with E-state index in [9.17, 15) is 14.4 Å². The predicted molar refractivity (Wildman–Crippen MR) is 124 cm³/mol. The Morgan fingerprint density at radius 3 is 2.26 bits per heavy atom. The number of ether oxygens (including phenoxy) is 2. The number of allylic oxidation sites excluding steroid dienone is 2. The van der Waals surface area contributed by atoms with Crippen LogP contribution in [0, 0.1) is 35.5 Å². The summed E-state index contributed by atoms with van der Waals surface area (Å²) < 4.78 is 10.8. The molecule has 7 nitrogen and oxygen atoms in total. The Morgan fingerprint density at radius 2 is 1.62 bits per heavy atom. The van der Waals surface area contributed by atoms with Crippen LogP contribution in [0.3, 0.4) is 0 Å². The molecular formula is C27H26N2O5. The summed E-state index contributed by atoms with van der Waals surface area (Å²) in [7, 11) is 3.07. The lowest BCUT2D eigenvalue weighted by Crippen LogP contribution is -2.45. The topological polar surface area (TPSA) is 76.2 Å². The van der Waals surface area contributed by atoms with Crippen LogP contribution in [0.25, 0.3) is 0 Å². The summed E-state index contributed by atoms with van der Waals surface area (Å²) in [5.41, 5.74) is 0.891. The number of imide groups is 1. The lowest BCUT2D eigenvalue weighted by molar-refractivity contribution is -0.140. The van der Waals surface area contributed by atoms with Gasteiger partial charge in [0.1, 0.15) is 18.2 Å². The third-order valence-electron chi connectivity index (χ3n) is 7.97. The summed E-state index contributed by atoms with van der Waals surface area (Å²) in [4.78, 5) is 43.6. The van der Waals surface area contributed by atoms with Crippen molar-refractivity contribution in [2.75, 3.05) is 25.8 Å². The zero-order valence-corrected chi connectivity index (χ0v) is 19.1. The molecule has 0 N–H and O–H groups in total. The number of rotatable bonds is 6. The Bertz CT molecular complexity index is 1190. The maximum atomic E-state index is 13.8. The highest BCUT2D eigenvalue weighted by Gasteiger charge is 2.67. The number of anilines is 1. The lowest BCUT2D eigenvalue weighted by Gasteiger charge is -2.37. The molecule has 2 aromatic rings. The van der Waals surface area contributed by atoms with Gasteiger partial charge in [0.05, 0.1) is 31.7 Å². The van der Waals surface area contributed by atoms with Gasteiger partial charge in [-0.25, -0.2) is 0 Å². The van der Waals surface area contributed by atoms with E-state index < -0.39 is 0 Å². The van der Waals surface area contributed by atoms with Crippen molar-refractivity contribution in [3.8, 4) is 11.5 Å². The SMILES string of the molecule is COc1cccc(C(=O)N(CN2C(=O)[C@@H]3[C@@H]4C=C[C@H]([C@H]5C[C@H]45)[C@@H]3C2=O)c2ccccc2OC)c1. The summed E-state index contributed by atoms with van der Waals surface area (Å²) in [6.07, 6.45) is 5.40. The predicted octanol–water partition coefficient (Wildman–Crippen LogP) is 3.36. The van der Waals surface area contributed by atoms with Crippen molar-refractivity contribution >= 4 is 23.4 Å². The maximum absolute atomic E-state index is 13.8. The molecule has 2 aromatic carbocycles. The molecule has 7 heteroatoms. The Kier molecular flexibility index (Phi) is 4.76. The quantitative estimate of drug-likeness (QED) is 0.490. The van der Waals surface area contributed by atoms with Gasteiger partial charge in [-0.1, -0.05) is 30.4 Å². The van der Waals surface area contributed by atoms with Crippen LogP contribution >= 0.6 is 0 Å². The molecular weight excluding hydrogens is 432 g/mol. The second kappa shape index (κ2) is 7.72. The van der Waals surface area contributed by atoms with Gasteiger partial charge in [-0.05, 0) is 60.4 Å². The van der Waals surface area contributed by atoms with Crippen LogP contribution in [0.4, 0.5) is 5.69 Å². The highest BCUT2D eigenvalue weighted by atomic mass is 16.5. The van der Waals surface area contributed by atoms with E-state index >= 15 is 0 Å². The molecule has 174 valence electrons. The fourth-order valence-corrected chi connectivity index (χ4v) is 6.31. The average molecular weight is 459 g/mol. The summed E-state index contributed by atoms with van der Waals surface area (Å²) in [6.45, 7) is -0.157. The second-order valence-electron chi connectivity index (χ2n) is 9.54. The van der Waals surface area contributed by atoms with Crippen molar-refractivity contribution in [3.05, 3.63) is 66.2 Å². The number of hydrogen-bond donors (Lipinski definition) is 0. The molecule has 3 fully saturated rings. The van der Waals surface area contributed by atoms with E-state index in [0.717, 1.165) is 6.42 Å². The van der Waals surface area contributed by atoms with Gasteiger partial charge in [0.2, 0.25) is 11.8 Å². The number of benzene rings is 2. The Hall–Kier alpha value is -3.61. The number of methoxy groups -OCH3 is 2. The summed E-state index contributed by atoms with van der Waals surface area (Å²) in [6, 6.07) is 14.0. The van der Waals surface area contributed by atoms with Crippen LogP contribution in [0.1, 0.15) is 16.8 Å². The Morgan fingerprint density at radius 1 is 0.941 bits per heavy atom. The molecule has 0 unspecified atom stereocenters. The molecule has 1 aliphatic heterocycles. The van der Waals surface area contributed by atoms with Gasteiger partial charge < -0.3 is 9.47 Å². The van der Waals surface area contributed by atoms with E-state index in [0.29, 0.717) is 34.6 Å². The maximum Gasteiger partial charge on any atom is 0.260 e. The van der Waals surface area contributed by atoms with Crippen molar-refractivity contribution in [1.29, 1.82) is 0 Å². The molecule has 1 saturated heterocycles. The number of amides is 3. The van der Waals surface area contributed by atoms with E-state index in [1.54, 1.807) is 42.5 Å². The molecule has 0 aromatic heterocycles. The highest BCUT2D eigenvalue weighted by molar-refractivity contribution is 6.10. The van der Waals surface area contributed by atoms with Crippen LogP contribution in [0.15, 0.2) is 60.7 Å². The molecule has 1 heterocycles. The van der Waals surface area contributed by atoms with Crippen LogP contribution < -0.4 is 14.4 Å². The van der Waals surface area contributed by atoms with Gasteiger partial charge in [-0.15, -0.1) is 0 Å². The van der Waals surface area contributed by atoms with Crippen LogP contribution in [-0.2, 0) is 9.59 Å². The van der Waals surface area contributed by atoms with Gasteiger partial charge in [0.25, 0.3) is 5.91 Å². The minimum atomic E-state index is -0.345. The lowest BCUT2D eigenvalue weighted by atomic mass is 9.63. The fourth-order valence-electron chi connectivity index (χ4n) is 6.31. The second-order valence-corrected chi connectivity index (χ2v) is 9.54. The molecule has 0 radical (unpaired) electrons. The fraction of sp³-hybridized carbons (Fsp3) is 0.370. The Balaban J connectivity index is 1.37. The molecule has 7 rings (SSSR count). The summed E-state index contributed by atoms with van der Waals surface area (Å²) in [5, 5.41) is 0. The summed E-state index contributed by atoms with van der Waals surface area (Å²) >= 11 is 0. The van der Waals surface area contributed by atoms with E-state index in [1.807, 2.05) is 6.07 Å². The zero-order valence-electron chi connectivity index (χ0n) is 19.1. The molecule has 5 aliphatic rings. The summed E-state index contributed by atoms with van der Waals surface area (Å²) in [5.74, 6) is 1.05. The number of carbonyl (C=O) groups excluding carboxylic acids is 3. The number of hydrogen-bond acceptors (Lipinski definition) is 5. The van der Waals surface area contributed by atoms with Crippen molar-refractivity contribution in [3.63, 3.8) is 0 Å². The molecule has 34 heavy (non-hydrogen) atoms. The first-order valence-electron chi connectivity index (χ1n) is 11.7. The number of likely N-dealkylation sites (tertiary alicyclic amines) is 1. The first kappa shape index (κ1) is 21.0. The van der Waals surface area contributed by atoms with Crippen LogP contribution in [0.5, 0.6) is 11.5 Å². The molecule has 2 saturated carbocycles. The molecule has 4 aliphatic carbocycles. The largest absolute Gasteiger partial charge is 0.497 e. The van der Waals surface area contributed by atoms with E-state index in [1.165, 1.54) is 24.0 Å². The normalized spacial score (nSPS) is 30.1. The third kappa shape index (κ3) is 2.99. The first-order valence-corrected chi connectivity index (χ1v) is 11.7. The number of carbonyl (C=O) groups is 3. The van der Waals surface area contributed by atoms with E-state index in [-0.39, 0.29) is 48.1 Å². The van der Waals surface area contributed by atoms with Gasteiger partial charge in [-0.2, -0.15) is 0 Å². The van der Waals surface area contributed by atoms with Gasteiger partial charge >= 0.3 is 0 Å². The van der Waals surface area contributed by atoms with Crippen molar-refractivity contribution < 1.29 is 23.9 Å². The Labute approximate surface area is 197 Å². The molecule has 2 bridgehead atoms. The standard InChI is InChI=1S/C27H26N2O5/c1-33-16-7-5-6-15(12-16)25(30)28(21-8-3-4-9-22(21)34-2)14-29-26(31)23-17-10-11-18(20-13-19(17)20)24(23)27(29)32/h3-12,17-20,23-24H,13-14H2,1-2H3/t17-,18-,19-,20-,23-,24+/m1/s1. The van der Waals surface area contributed by atoms with E-state index in [4.69, 9.17) is 9.47 Å². The van der Waals surface area contributed by atoms with Crippen molar-refractivity contribution in [1.82, 2.24) is 4.90 Å². The average Bonchev–Trinajstić information content (AvgIpc) is 3.67. The molecule has 6 atom stereocenters. The minimum absolute atomic E-state index is 0.134. The minimum Gasteiger partial charge on any atom is -0.497 e.